The molecule has 1 aromatic carbocycles. The molecule has 1 fully saturated rings. The van der Waals surface area contributed by atoms with Gasteiger partial charge in [-0.05, 0) is 43.9 Å². The van der Waals surface area contributed by atoms with Gasteiger partial charge in [-0.3, -0.25) is 9.52 Å². The Kier molecular flexibility index (Phi) is 5.81. The highest BCUT2D eigenvalue weighted by Gasteiger charge is 2.29. The van der Waals surface area contributed by atoms with Crippen molar-refractivity contribution in [3.8, 4) is 11.1 Å². The Bertz CT molecular complexity index is 1530. The zero-order chi connectivity index (χ0) is 24.7. The van der Waals surface area contributed by atoms with E-state index >= 15 is 4.39 Å². The van der Waals surface area contributed by atoms with Crippen molar-refractivity contribution in [1.29, 1.82) is 0 Å². The van der Waals surface area contributed by atoms with E-state index in [-0.39, 0.29) is 16.8 Å². The number of pyridine rings is 1. The van der Waals surface area contributed by atoms with E-state index in [9.17, 15) is 13.2 Å². The number of halogens is 1. The fourth-order valence-electron chi connectivity index (χ4n) is 3.80. The lowest BCUT2D eigenvalue weighted by molar-refractivity contribution is 0.103. The van der Waals surface area contributed by atoms with E-state index in [1.165, 1.54) is 35.7 Å². The highest BCUT2D eigenvalue weighted by Crippen LogP contribution is 2.31. The van der Waals surface area contributed by atoms with E-state index in [0.29, 0.717) is 34.9 Å². The number of fused-ring (bicyclic) bond motifs is 1. The summed E-state index contributed by atoms with van der Waals surface area (Å²) in [5.74, 6) is -0.572. The van der Waals surface area contributed by atoms with Crippen LogP contribution in [-0.2, 0) is 10.2 Å². The van der Waals surface area contributed by atoms with Crippen molar-refractivity contribution < 1.29 is 17.6 Å². The number of nitrogens with one attached hydrogen (secondary N) is 2. The number of anilines is 1. The number of nitrogens with zero attached hydrogens (tertiary/aromatic N) is 4. The molecule has 0 radical (unpaired) electrons. The van der Waals surface area contributed by atoms with Gasteiger partial charge in [0.1, 0.15) is 11.5 Å². The van der Waals surface area contributed by atoms with Crippen LogP contribution in [0.2, 0.25) is 0 Å². The minimum absolute atomic E-state index is 0.215. The molecule has 0 amide bonds. The van der Waals surface area contributed by atoms with E-state index in [1.807, 2.05) is 0 Å². The van der Waals surface area contributed by atoms with E-state index in [0.717, 1.165) is 18.4 Å². The summed E-state index contributed by atoms with van der Waals surface area (Å²) in [6.45, 7) is 2.15. The molecule has 11 heteroatoms. The number of hydrogen-bond donors (Lipinski definition) is 2. The van der Waals surface area contributed by atoms with E-state index in [1.54, 1.807) is 31.6 Å². The number of aromatic nitrogens is 4. The van der Waals surface area contributed by atoms with Gasteiger partial charge in [0.2, 0.25) is 0 Å². The van der Waals surface area contributed by atoms with E-state index in [4.69, 9.17) is 0 Å². The highest BCUT2D eigenvalue weighted by atomic mass is 32.2. The zero-order valence-electron chi connectivity index (χ0n) is 19.1. The lowest BCUT2D eigenvalue weighted by Gasteiger charge is -2.18. The van der Waals surface area contributed by atoms with Gasteiger partial charge < -0.3 is 4.98 Å². The molecule has 3 heterocycles. The Morgan fingerprint density at radius 3 is 2.57 bits per heavy atom. The maximum atomic E-state index is 15.4. The number of H-pyrrole nitrogens is 1. The van der Waals surface area contributed by atoms with Gasteiger partial charge in [-0.2, -0.15) is 12.7 Å². The Balaban J connectivity index is 1.47. The molecule has 0 saturated heterocycles. The van der Waals surface area contributed by atoms with Crippen LogP contribution < -0.4 is 4.72 Å². The number of hydrogen-bond acceptors (Lipinski definition) is 6. The Labute approximate surface area is 201 Å². The molecule has 35 heavy (non-hydrogen) atoms. The number of aryl methyl sites for hydroxylation is 1. The first kappa shape index (κ1) is 23.1. The molecule has 4 aromatic rings. The Morgan fingerprint density at radius 1 is 1.14 bits per heavy atom. The summed E-state index contributed by atoms with van der Waals surface area (Å²) in [5, 5.41) is 0.502. The molecule has 1 aliphatic carbocycles. The van der Waals surface area contributed by atoms with Crippen LogP contribution in [0.5, 0.6) is 0 Å². The first-order valence-electron chi connectivity index (χ1n) is 11.1. The van der Waals surface area contributed by atoms with Crippen molar-refractivity contribution in [2.24, 2.45) is 5.92 Å². The van der Waals surface area contributed by atoms with E-state index < -0.39 is 21.8 Å². The number of carbonyl (C=O) groups is 1. The number of aromatic amines is 1. The Morgan fingerprint density at radius 2 is 1.86 bits per heavy atom. The van der Waals surface area contributed by atoms with Crippen molar-refractivity contribution in [1.82, 2.24) is 24.2 Å². The molecule has 9 nitrogen and oxygen atoms in total. The van der Waals surface area contributed by atoms with Gasteiger partial charge in [0.25, 0.3) is 0 Å². The summed E-state index contributed by atoms with van der Waals surface area (Å²) in [6.07, 6.45) is 8.39. The molecule has 0 atom stereocenters. The fourth-order valence-corrected chi connectivity index (χ4v) is 4.80. The van der Waals surface area contributed by atoms with Gasteiger partial charge in [-0.1, -0.05) is 6.07 Å². The van der Waals surface area contributed by atoms with Crippen molar-refractivity contribution in [2.75, 3.05) is 18.3 Å². The standard InChI is InChI=1S/C24H23FN6O3S/c1-14-26-10-17(11-27-14)16-8-19-20(12-29-24(19)28-9-16)23(32)18-4-3-5-21(22(18)25)30-35(33,34)31(2)13-15-6-7-15/h3-5,8-12,15,30H,6-7,13H2,1-2H3,(H,28,29). The van der Waals surface area contributed by atoms with Crippen LogP contribution in [-0.4, -0.2) is 52.0 Å². The average Bonchev–Trinajstić information content (AvgIpc) is 3.55. The first-order valence-corrected chi connectivity index (χ1v) is 12.5. The lowest BCUT2D eigenvalue weighted by Crippen LogP contribution is -2.34. The Hall–Kier alpha value is -3.70. The van der Waals surface area contributed by atoms with Crippen LogP contribution in [0.1, 0.15) is 34.6 Å². The van der Waals surface area contributed by atoms with Crippen molar-refractivity contribution in [3.63, 3.8) is 0 Å². The summed E-state index contributed by atoms with van der Waals surface area (Å²) >= 11 is 0. The predicted octanol–water partition coefficient (Wildman–Crippen LogP) is 3.70. The molecule has 0 bridgehead atoms. The molecule has 0 unspecified atom stereocenters. The summed E-state index contributed by atoms with van der Waals surface area (Å²) in [4.78, 5) is 29.0. The van der Waals surface area contributed by atoms with Gasteiger partial charge in [0.05, 0.1) is 11.3 Å². The highest BCUT2D eigenvalue weighted by molar-refractivity contribution is 7.90. The molecule has 2 N–H and O–H groups in total. The van der Waals surface area contributed by atoms with Gasteiger partial charge >= 0.3 is 10.2 Å². The maximum Gasteiger partial charge on any atom is 0.301 e. The number of carbonyl (C=O) groups excluding carboxylic acids is 1. The van der Waals surface area contributed by atoms with Crippen LogP contribution in [0, 0.1) is 18.7 Å². The van der Waals surface area contributed by atoms with Crippen LogP contribution >= 0.6 is 0 Å². The third kappa shape index (κ3) is 4.64. The summed E-state index contributed by atoms with van der Waals surface area (Å²) in [7, 11) is -2.51. The van der Waals surface area contributed by atoms with Crippen molar-refractivity contribution >= 4 is 32.7 Å². The van der Waals surface area contributed by atoms with Crippen LogP contribution in [0.25, 0.3) is 22.2 Å². The van der Waals surface area contributed by atoms with Gasteiger partial charge in [-0.15, -0.1) is 0 Å². The molecule has 3 aromatic heterocycles. The molecule has 1 aliphatic rings. The molecular weight excluding hydrogens is 471 g/mol. The summed E-state index contributed by atoms with van der Waals surface area (Å²) in [5.41, 5.74) is 1.57. The fraction of sp³-hybridized carbons (Fsp3) is 0.250. The van der Waals surface area contributed by atoms with Crippen molar-refractivity contribution in [3.05, 3.63) is 71.8 Å². The molecule has 1 saturated carbocycles. The SMILES string of the molecule is Cc1ncc(-c2cnc3[nH]cc(C(=O)c4cccc(NS(=O)(=O)N(C)CC5CC5)c4F)c3c2)cn1. The number of ketones is 1. The quantitative estimate of drug-likeness (QED) is 0.360. The second kappa shape index (κ2) is 8.82. The van der Waals surface area contributed by atoms with Gasteiger partial charge in [0.15, 0.2) is 11.6 Å². The summed E-state index contributed by atoms with van der Waals surface area (Å²) in [6, 6.07) is 5.82. The van der Waals surface area contributed by atoms with Crippen molar-refractivity contribution in [2.45, 2.75) is 19.8 Å². The lowest BCUT2D eigenvalue weighted by atomic mass is 10.0. The largest absolute Gasteiger partial charge is 0.345 e. The average molecular weight is 495 g/mol. The smallest absolute Gasteiger partial charge is 0.301 e. The minimum atomic E-state index is -3.96. The topological polar surface area (TPSA) is 121 Å². The third-order valence-corrected chi connectivity index (χ3v) is 7.44. The van der Waals surface area contributed by atoms with Gasteiger partial charge in [0, 0.05) is 60.5 Å². The van der Waals surface area contributed by atoms with Crippen LogP contribution in [0.4, 0.5) is 10.1 Å². The van der Waals surface area contributed by atoms with Gasteiger partial charge in [-0.25, -0.2) is 19.3 Å². The minimum Gasteiger partial charge on any atom is -0.345 e. The number of rotatable bonds is 8. The zero-order valence-corrected chi connectivity index (χ0v) is 19.9. The maximum absolute atomic E-state index is 15.4. The monoisotopic (exact) mass is 494 g/mol. The molecule has 5 rings (SSSR count). The molecule has 0 aliphatic heterocycles. The number of benzene rings is 1. The molecular formula is C24H23FN6O3S. The molecule has 0 spiro atoms. The molecule has 180 valence electrons. The predicted molar refractivity (Wildman–Crippen MR) is 130 cm³/mol. The third-order valence-electron chi connectivity index (χ3n) is 5.99. The van der Waals surface area contributed by atoms with Crippen LogP contribution in [0.3, 0.4) is 0 Å². The second-order valence-electron chi connectivity index (χ2n) is 8.67. The van der Waals surface area contributed by atoms with Crippen LogP contribution in [0.15, 0.2) is 49.1 Å². The normalized spacial score (nSPS) is 13.9. The first-order chi connectivity index (χ1) is 16.7. The summed E-state index contributed by atoms with van der Waals surface area (Å²) < 4.78 is 44.1. The van der Waals surface area contributed by atoms with E-state index in [2.05, 4.69) is 24.7 Å². The second-order valence-corrected chi connectivity index (χ2v) is 10.4.